The van der Waals surface area contributed by atoms with Gasteiger partial charge in [0.25, 0.3) is 0 Å². The Labute approximate surface area is 104 Å². The van der Waals surface area contributed by atoms with Crippen molar-refractivity contribution in [1.82, 2.24) is 0 Å². The summed E-state index contributed by atoms with van der Waals surface area (Å²) >= 11 is 0. The van der Waals surface area contributed by atoms with Crippen LogP contribution in [0.5, 0.6) is 0 Å². The molecular weight excluding hydrogens is 218 g/mol. The highest BCUT2D eigenvalue weighted by Crippen LogP contribution is 2.24. The second-order valence-electron chi connectivity index (χ2n) is 4.13. The summed E-state index contributed by atoms with van der Waals surface area (Å²) < 4.78 is 0. The Bertz CT molecular complexity index is 330. The van der Waals surface area contributed by atoms with Crippen molar-refractivity contribution in [2.24, 2.45) is 0 Å². The molecule has 1 aromatic rings. The molecular formula is C14H20ClN. The second-order valence-corrected chi connectivity index (χ2v) is 4.13. The Morgan fingerprint density at radius 2 is 1.56 bits per heavy atom. The Balaban J connectivity index is 0.00000225. The van der Waals surface area contributed by atoms with Crippen LogP contribution >= 0.6 is 0 Å². The van der Waals surface area contributed by atoms with E-state index in [1.54, 1.807) is 0 Å². The maximum Gasteiger partial charge on any atom is 0.127 e. The summed E-state index contributed by atoms with van der Waals surface area (Å²) in [5, 5.41) is 0. The molecule has 0 aliphatic rings. The molecule has 0 saturated heterocycles. The summed E-state index contributed by atoms with van der Waals surface area (Å²) in [4.78, 5) is 0. The molecule has 16 heavy (non-hydrogen) atoms. The van der Waals surface area contributed by atoms with Gasteiger partial charge in [0.15, 0.2) is 0 Å². The smallest absolute Gasteiger partial charge is 0.127 e. The minimum absolute atomic E-state index is 0. The molecule has 0 aliphatic heterocycles. The molecule has 0 bridgehead atoms. The zero-order chi connectivity index (χ0) is 11.3. The number of hydrogen-bond acceptors (Lipinski definition) is 0. The fourth-order valence-corrected chi connectivity index (χ4v) is 1.78. The Kier molecular flexibility index (Phi) is 6.09. The SMILES string of the molecule is C=CCC([NH3+])(CC=C)c1ccc(C)cc1.[Cl-]. The van der Waals surface area contributed by atoms with Gasteiger partial charge >= 0.3 is 0 Å². The van der Waals surface area contributed by atoms with Crippen molar-refractivity contribution in [3.8, 4) is 0 Å². The van der Waals surface area contributed by atoms with Crippen LogP contribution in [0, 0.1) is 6.92 Å². The van der Waals surface area contributed by atoms with E-state index >= 15 is 0 Å². The fourth-order valence-electron chi connectivity index (χ4n) is 1.78. The van der Waals surface area contributed by atoms with Crippen LogP contribution in [0.25, 0.3) is 0 Å². The van der Waals surface area contributed by atoms with Crippen LogP contribution in [0.3, 0.4) is 0 Å². The maximum absolute atomic E-state index is 4.31. The molecule has 0 heterocycles. The highest BCUT2D eigenvalue weighted by molar-refractivity contribution is 5.27. The molecule has 1 rings (SSSR count). The second kappa shape index (κ2) is 6.51. The first-order valence-electron chi connectivity index (χ1n) is 5.27. The number of aryl methyl sites for hydroxylation is 1. The van der Waals surface area contributed by atoms with E-state index in [0.29, 0.717) is 0 Å². The molecule has 2 heteroatoms. The predicted molar refractivity (Wildman–Crippen MR) is 65.4 cm³/mol. The van der Waals surface area contributed by atoms with Gasteiger partial charge in [-0.25, -0.2) is 0 Å². The Morgan fingerprint density at radius 3 is 1.94 bits per heavy atom. The largest absolute Gasteiger partial charge is 1.00 e. The summed E-state index contributed by atoms with van der Waals surface area (Å²) in [6, 6.07) is 8.55. The van der Waals surface area contributed by atoms with Crippen LogP contribution in [0.4, 0.5) is 0 Å². The number of quaternary nitrogens is 1. The highest BCUT2D eigenvalue weighted by Gasteiger charge is 2.28. The number of hydrogen-bond donors (Lipinski definition) is 1. The molecule has 1 aromatic carbocycles. The topological polar surface area (TPSA) is 27.6 Å². The lowest BCUT2D eigenvalue weighted by Gasteiger charge is -2.23. The van der Waals surface area contributed by atoms with Crippen molar-refractivity contribution in [1.29, 1.82) is 0 Å². The highest BCUT2D eigenvalue weighted by atomic mass is 35.5. The summed E-state index contributed by atoms with van der Waals surface area (Å²) in [7, 11) is 0. The third-order valence-electron chi connectivity index (χ3n) is 2.73. The number of rotatable bonds is 5. The standard InChI is InChI=1S/C14H19N.ClH/c1-4-10-14(15,11-5-2)13-8-6-12(3)7-9-13;/h4-9H,1-2,10-11,15H2,3H3;1H. The van der Waals surface area contributed by atoms with Gasteiger partial charge in [0, 0.05) is 18.4 Å². The van der Waals surface area contributed by atoms with Crippen LogP contribution < -0.4 is 18.1 Å². The lowest BCUT2D eigenvalue weighted by atomic mass is 9.84. The Morgan fingerprint density at radius 1 is 1.12 bits per heavy atom. The molecule has 0 aromatic heterocycles. The van der Waals surface area contributed by atoms with Crippen molar-refractivity contribution in [3.05, 3.63) is 60.7 Å². The maximum atomic E-state index is 4.31. The average molecular weight is 238 g/mol. The van der Waals surface area contributed by atoms with E-state index < -0.39 is 0 Å². The van der Waals surface area contributed by atoms with E-state index in [4.69, 9.17) is 0 Å². The van der Waals surface area contributed by atoms with Gasteiger partial charge in [-0.1, -0.05) is 42.0 Å². The fraction of sp³-hybridized carbons (Fsp3) is 0.286. The quantitative estimate of drug-likeness (QED) is 0.675. The monoisotopic (exact) mass is 237 g/mol. The van der Waals surface area contributed by atoms with Crippen LogP contribution in [-0.4, -0.2) is 0 Å². The molecule has 0 atom stereocenters. The van der Waals surface area contributed by atoms with Crippen molar-refractivity contribution < 1.29 is 18.1 Å². The van der Waals surface area contributed by atoms with Crippen molar-refractivity contribution in [2.45, 2.75) is 25.3 Å². The van der Waals surface area contributed by atoms with Crippen molar-refractivity contribution in [3.63, 3.8) is 0 Å². The summed E-state index contributed by atoms with van der Waals surface area (Å²) in [5.74, 6) is 0. The van der Waals surface area contributed by atoms with E-state index in [1.807, 2.05) is 12.2 Å². The third kappa shape index (κ3) is 3.51. The van der Waals surface area contributed by atoms with E-state index in [-0.39, 0.29) is 17.9 Å². The van der Waals surface area contributed by atoms with Crippen LogP contribution in [0.15, 0.2) is 49.6 Å². The molecule has 0 unspecified atom stereocenters. The molecule has 0 saturated carbocycles. The molecule has 0 amide bonds. The molecule has 0 aliphatic carbocycles. The molecule has 0 fully saturated rings. The lowest BCUT2D eigenvalue weighted by Crippen LogP contribution is -3.00. The normalized spacial score (nSPS) is 10.4. The first kappa shape index (κ1) is 14.9. The molecule has 0 radical (unpaired) electrons. The summed E-state index contributed by atoms with van der Waals surface area (Å²) in [6.45, 7) is 9.69. The first-order valence-corrected chi connectivity index (χ1v) is 5.27. The number of benzene rings is 1. The zero-order valence-corrected chi connectivity index (χ0v) is 10.6. The Hall–Kier alpha value is -1.05. The van der Waals surface area contributed by atoms with E-state index in [9.17, 15) is 0 Å². The summed E-state index contributed by atoms with van der Waals surface area (Å²) in [5.41, 5.74) is 6.74. The van der Waals surface area contributed by atoms with E-state index in [1.165, 1.54) is 11.1 Å². The van der Waals surface area contributed by atoms with Crippen LogP contribution in [0.1, 0.15) is 24.0 Å². The van der Waals surface area contributed by atoms with Gasteiger partial charge < -0.3 is 18.1 Å². The van der Waals surface area contributed by atoms with Gasteiger partial charge in [0.2, 0.25) is 0 Å². The van der Waals surface area contributed by atoms with Gasteiger partial charge in [0.1, 0.15) is 5.54 Å². The lowest BCUT2D eigenvalue weighted by molar-refractivity contribution is -0.486. The average Bonchev–Trinajstić information content (AvgIpc) is 2.19. The van der Waals surface area contributed by atoms with Crippen LogP contribution in [0.2, 0.25) is 0 Å². The number of halogens is 1. The van der Waals surface area contributed by atoms with Crippen molar-refractivity contribution >= 4 is 0 Å². The van der Waals surface area contributed by atoms with Gasteiger partial charge in [-0.05, 0) is 6.92 Å². The van der Waals surface area contributed by atoms with Gasteiger partial charge in [-0.15, -0.1) is 13.2 Å². The van der Waals surface area contributed by atoms with Gasteiger partial charge in [0.05, 0.1) is 0 Å². The van der Waals surface area contributed by atoms with Crippen molar-refractivity contribution in [2.75, 3.05) is 0 Å². The van der Waals surface area contributed by atoms with Gasteiger partial charge in [-0.2, -0.15) is 0 Å². The minimum Gasteiger partial charge on any atom is -1.00 e. The molecule has 3 N–H and O–H groups in total. The van der Waals surface area contributed by atoms with E-state index in [2.05, 4.69) is 50.1 Å². The molecule has 0 spiro atoms. The van der Waals surface area contributed by atoms with Crippen LogP contribution in [-0.2, 0) is 5.54 Å². The van der Waals surface area contributed by atoms with E-state index in [0.717, 1.165) is 12.8 Å². The zero-order valence-electron chi connectivity index (χ0n) is 9.88. The molecule has 88 valence electrons. The third-order valence-corrected chi connectivity index (χ3v) is 2.73. The van der Waals surface area contributed by atoms with Gasteiger partial charge in [-0.3, -0.25) is 0 Å². The minimum atomic E-state index is -0.1000. The predicted octanol–water partition coefficient (Wildman–Crippen LogP) is -0.412. The first-order chi connectivity index (χ1) is 7.12. The summed E-state index contributed by atoms with van der Waals surface area (Å²) in [6.07, 6.45) is 5.61. The molecule has 1 nitrogen and oxygen atoms in total.